The number of aromatic nitrogens is 3. The molecule has 0 fully saturated rings. The van der Waals surface area contributed by atoms with Crippen LogP contribution in [0.15, 0.2) is 42.6 Å². The number of nitrogen functional groups attached to an aromatic ring is 1. The van der Waals surface area contributed by atoms with Crippen molar-refractivity contribution in [2.24, 2.45) is 0 Å². The van der Waals surface area contributed by atoms with E-state index in [2.05, 4.69) is 10.1 Å². The number of anilines is 1. The summed E-state index contributed by atoms with van der Waals surface area (Å²) in [6, 6.07) is 11.5. The van der Waals surface area contributed by atoms with Crippen LogP contribution >= 0.6 is 0 Å². The molecule has 0 aliphatic heterocycles. The van der Waals surface area contributed by atoms with Gasteiger partial charge in [-0.1, -0.05) is 6.07 Å². The van der Waals surface area contributed by atoms with E-state index in [-0.39, 0.29) is 0 Å². The number of aryl methyl sites for hydroxylation is 1. The summed E-state index contributed by atoms with van der Waals surface area (Å²) >= 11 is 0. The maximum Gasteiger partial charge on any atom is 0.341 e. The van der Waals surface area contributed by atoms with Crippen LogP contribution in [0.2, 0.25) is 0 Å². The molecule has 0 radical (unpaired) electrons. The van der Waals surface area contributed by atoms with Crippen molar-refractivity contribution in [3.05, 3.63) is 48.2 Å². The zero-order valence-electron chi connectivity index (χ0n) is 9.87. The molecule has 0 amide bonds. The standard InChI is InChI=1S/C13H12N4O/c1-9-8-10(14)5-6-11(9)18-13-15-12-4-2-3-7-17(12)16-13/h2-8H,14H2,1H3. The molecule has 5 heteroatoms. The van der Waals surface area contributed by atoms with E-state index >= 15 is 0 Å². The number of hydrogen-bond acceptors (Lipinski definition) is 4. The number of nitrogens with two attached hydrogens (primary N) is 1. The van der Waals surface area contributed by atoms with Gasteiger partial charge >= 0.3 is 6.01 Å². The summed E-state index contributed by atoms with van der Waals surface area (Å²) in [7, 11) is 0. The Hall–Kier alpha value is -2.56. The molecule has 0 saturated heterocycles. The Labute approximate surface area is 104 Å². The summed E-state index contributed by atoms with van der Waals surface area (Å²) in [5, 5.41) is 4.22. The highest BCUT2D eigenvalue weighted by atomic mass is 16.5. The smallest absolute Gasteiger partial charge is 0.341 e. The Morgan fingerprint density at radius 1 is 1.22 bits per heavy atom. The van der Waals surface area contributed by atoms with Crippen molar-refractivity contribution in [1.29, 1.82) is 0 Å². The molecular weight excluding hydrogens is 228 g/mol. The van der Waals surface area contributed by atoms with Crippen molar-refractivity contribution in [3.63, 3.8) is 0 Å². The second-order valence-electron chi connectivity index (χ2n) is 4.02. The SMILES string of the molecule is Cc1cc(N)ccc1Oc1nc2ccccn2n1. The van der Waals surface area contributed by atoms with Crippen LogP contribution in [-0.2, 0) is 0 Å². The lowest BCUT2D eigenvalue weighted by molar-refractivity contribution is 0.439. The van der Waals surface area contributed by atoms with Gasteiger partial charge in [-0.25, -0.2) is 4.52 Å². The minimum absolute atomic E-state index is 0.328. The average molecular weight is 240 g/mol. The third kappa shape index (κ3) is 1.86. The fourth-order valence-electron chi connectivity index (χ4n) is 1.74. The summed E-state index contributed by atoms with van der Waals surface area (Å²) in [6.45, 7) is 1.93. The summed E-state index contributed by atoms with van der Waals surface area (Å²) in [6.07, 6.45) is 1.82. The zero-order chi connectivity index (χ0) is 12.5. The highest BCUT2D eigenvalue weighted by molar-refractivity contribution is 5.48. The number of benzene rings is 1. The van der Waals surface area contributed by atoms with Gasteiger partial charge in [0.15, 0.2) is 5.65 Å². The van der Waals surface area contributed by atoms with Crippen LogP contribution in [0.5, 0.6) is 11.8 Å². The highest BCUT2D eigenvalue weighted by Crippen LogP contribution is 2.24. The summed E-state index contributed by atoms with van der Waals surface area (Å²) in [4.78, 5) is 4.27. The van der Waals surface area contributed by atoms with Gasteiger partial charge in [0, 0.05) is 11.9 Å². The van der Waals surface area contributed by atoms with Crippen molar-refractivity contribution in [2.75, 3.05) is 5.73 Å². The Balaban J connectivity index is 1.96. The molecule has 3 aromatic rings. The number of fused-ring (bicyclic) bond motifs is 1. The number of ether oxygens (including phenoxy) is 1. The number of rotatable bonds is 2. The molecular formula is C13H12N4O. The predicted molar refractivity (Wildman–Crippen MR) is 68.7 cm³/mol. The van der Waals surface area contributed by atoms with Crippen molar-refractivity contribution in [2.45, 2.75) is 6.92 Å². The quantitative estimate of drug-likeness (QED) is 0.698. The van der Waals surface area contributed by atoms with Crippen molar-refractivity contribution < 1.29 is 4.74 Å². The average Bonchev–Trinajstić information content (AvgIpc) is 2.75. The summed E-state index contributed by atoms with van der Waals surface area (Å²) in [5.74, 6) is 0.708. The van der Waals surface area contributed by atoms with E-state index in [0.29, 0.717) is 17.4 Å². The van der Waals surface area contributed by atoms with Gasteiger partial charge in [0.05, 0.1) is 0 Å². The van der Waals surface area contributed by atoms with Crippen LogP contribution < -0.4 is 10.5 Å². The van der Waals surface area contributed by atoms with Gasteiger partial charge in [-0.3, -0.25) is 0 Å². The van der Waals surface area contributed by atoms with Gasteiger partial charge in [0.1, 0.15) is 5.75 Å². The maximum absolute atomic E-state index is 5.69. The molecule has 0 aliphatic carbocycles. The first-order valence-corrected chi connectivity index (χ1v) is 5.58. The number of pyridine rings is 1. The van der Waals surface area contributed by atoms with Gasteiger partial charge in [0.25, 0.3) is 0 Å². The first kappa shape index (κ1) is 10.6. The Bertz CT molecular complexity index is 672. The van der Waals surface area contributed by atoms with Crippen molar-refractivity contribution in [3.8, 4) is 11.8 Å². The van der Waals surface area contributed by atoms with Crippen LogP contribution in [0, 0.1) is 6.92 Å². The lowest BCUT2D eigenvalue weighted by atomic mass is 10.2. The second kappa shape index (κ2) is 4.03. The molecule has 0 saturated carbocycles. The third-order valence-corrected chi connectivity index (χ3v) is 2.62. The van der Waals surface area contributed by atoms with E-state index in [4.69, 9.17) is 10.5 Å². The van der Waals surface area contributed by atoms with Crippen LogP contribution in [0.4, 0.5) is 5.69 Å². The second-order valence-corrected chi connectivity index (χ2v) is 4.02. The minimum Gasteiger partial charge on any atom is -0.423 e. The Morgan fingerprint density at radius 3 is 2.89 bits per heavy atom. The van der Waals surface area contributed by atoms with Crippen LogP contribution in [-0.4, -0.2) is 14.6 Å². The number of nitrogens with zero attached hydrogens (tertiary/aromatic N) is 3. The van der Waals surface area contributed by atoms with E-state index in [1.54, 1.807) is 10.6 Å². The number of hydrogen-bond donors (Lipinski definition) is 1. The molecule has 3 rings (SSSR count). The van der Waals surface area contributed by atoms with Gasteiger partial charge in [-0.15, -0.1) is 5.10 Å². The van der Waals surface area contributed by atoms with Crippen molar-refractivity contribution >= 4 is 11.3 Å². The first-order chi connectivity index (χ1) is 8.72. The molecule has 0 atom stereocenters. The Morgan fingerprint density at radius 2 is 2.11 bits per heavy atom. The Kier molecular flexibility index (Phi) is 2.37. The third-order valence-electron chi connectivity index (χ3n) is 2.62. The lowest BCUT2D eigenvalue weighted by Crippen LogP contribution is -1.92. The predicted octanol–water partition coefficient (Wildman–Crippen LogP) is 2.41. The fraction of sp³-hybridized carbons (Fsp3) is 0.0769. The van der Waals surface area contributed by atoms with Crippen molar-refractivity contribution in [1.82, 2.24) is 14.6 Å². The van der Waals surface area contributed by atoms with E-state index in [9.17, 15) is 0 Å². The first-order valence-electron chi connectivity index (χ1n) is 5.58. The molecule has 0 bridgehead atoms. The van der Waals surface area contributed by atoms with Crippen LogP contribution in [0.1, 0.15) is 5.56 Å². The monoisotopic (exact) mass is 240 g/mol. The maximum atomic E-state index is 5.69. The molecule has 2 N–H and O–H groups in total. The normalized spacial score (nSPS) is 10.7. The van der Waals surface area contributed by atoms with Gasteiger partial charge < -0.3 is 10.5 Å². The molecule has 5 nitrogen and oxygen atoms in total. The van der Waals surface area contributed by atoms with Crippen LogP contribution in [0.3, 0.4) is 0 Å². The van der Waals surface area contributed by atoms with E-state index in [1.807, 2.05) is 43.5 Å². The molecule has 90 valence electrons. The molecule has 0 spiro atoms. The topological polar surface area (TPSA) is 65.4 Å². The molecule has 0 aliphatic rings. The fourth-order valence-corrected chi connectivity index (χ4v) is 1.74. The van der Waals surface area contributed by atoms with Crippen LogP contribution in [0.25, 0.3) is 5.65 Å². The highest BCUT2D eigenvalue weighted by Gasteiger charge is 2.07. The van der Waals surface area contributed by atoms with E-state index in [0.717, 1.165) is 11.2 Å². The van der Waals surface area contributed by atoms with E-state index < -0.39 is 0 Å². The molecule has 2 heterocycles. The van der Waals surface area contributed by atoms with Gasteiger partial charge in [-0.2, -0.15) is 4.98 Å². The lowest BCUT2D eigenvalue weighted by Gasteiger charge is -2.05. The molecule has 0 unspecified atom stereocenters. The van der Waals surface area contributed by atoms with Gasteiger partial charge in [-0.05, 0) is 42.8 Å². The zero-order valence-corrected chi connectivity index (χ0v) is 9.87. The van der Waals surface area contributed by atoms with E-state index in [1.165, 1.54) is 0 Å². The molecule has 18 heavy (non-hydrogen) atoms. The summed E-state index contributed by atoms with van der Waals surface area (Å²) in [5.41, 5.74) is 8.11. The molecule has 2 aromatic heterocycles. The molecule has 1 aromatic carbocycles. The van der Waals surface area contributed by atoms with Gasteiger partial charge in [0.2, 0.25) is 0 Å². The largest absolute Gasteiger partial charge is 0.423 e. The summed E-state index contributed by atoms with van der Waals surface area (Å²) < 4.78 is 7.32. The minimum atomic E-state index is 0.328.